The maximum atomic E-state index is 10.8. The molecule has 0 bridgehead atoms. The normalized spacial score (nSPS) is 16.7. The molecule has 1 unspecified atom stereocenters. The highest BCUT2D eigenvalue weighted by Gasteiger charge is 2.36. The zero-order chi connectivity index (χ0) is 29.1. The predicted octanol–water partition coefficient (Wildman–Crippen LogP) is 9.62. The van der Waals surface area contributed by atoms with Gasteiger partial charge in [-0.05, 0) is 55.8 Å². The van der Waals surface area contributed by atoms with Crippen LogP contribution in [0.2, 0.25) is 0 Å². The van der Waals surface area contributed by atoms with Gasteiger partial charge in [0, 0.05) is 32.7 Å². The Kier molecular flexibility index (Phi) is 5.42. The number of hydrogen-bond acceptors (Lipinski definition) is 2. The third kappa shape index (κ3) is 3.54. The molecule has 7 aromatic rings. The van der Waals surface area contributed by atoms with E-state index in [1.165, 1.54) is 10.8 Å². The molecule has 0 amide bonds. The molecule has 0 N–H and O–H groups in total. The van der Waals surface area contributed by atoms with Gasteiger partial charge in [0.1, 0.15) is 0 Å². The fourth-order valence-electron chi connectivity index (χ4n) is 6.93. The molecule has 43 heavy (non-hydrogen) atoms. The zero-order valence-electron chi connectivity index (χ0n) is 23.6. The van der Waals surface area contributed by atoms with Crippen LogP contribution in [0.15, 0.2) is 127 Å². The van der Waals surface area contributed by atoms with Crippen molar-refractivity contribution in [2.24, 2.45) is 5.41 Å². The number of hydrogen-bond donors (Lipinski definition) is 0. The first-order chi connectivity index (χ1) is 21.1. The highest BCUT2D eigenvalue weighted by Crippen LogP contribution is 2.48. The number of rotatable bonds is 3. The number of fused-ring (bicyclic) bond motifs is 6. The Morgan fingerprint density at radius 1 is 0.628 bits per heavy atom. The number of aromatic nitrogens is 2. The van der Waals surface area contributed by atoms with E-state index in [1.807, 2.05) is 19.1 Å². The molecule has 0 spiro atoms. The minimum Gasteiger partial charge on any atom is -0.311 e. The van der Waals surface area contributed by atoms with Crippen LogP contribution < -0.4 is 0 Å². The molecular formula is C39H26N4. The van der Waals surface area contributed by atoms with E-state index in [9.17, 15) is 10.5 Å². The van der Waals surface area contributed by atoms with E-state index >= 15 is 0 Å². The summed E-state index contributed by atoms with van der Waals surface area (Å²) in [5.41, 5.74) is 7.82. The van der Waals surface area contributed by atoms with Gasteiger partial charge in [-0.3, -0.25) is 0 Å². The number of nitriles is 2. The second-order valence-corrected chi connectivity index (χ2v) is 11.4. The van der Waals surface area contributed by atoms with Gasteiger partial charge >= 0.3 is 0 Å². The Hall–Kier alpha value is -5.84. The summed E-state index contributed by atoms with van der Waals surface area (Å²) < 4.78 is 4.57. The van der Waals surface area contributed by atoms with Gasteiger partial charge < -0.3 is 9.13 Å². The average Bonchev–Trinajstić information content (AvgIpc) is 3.57. The Morgan fingerprint density at radius 2 is 1.12 bits per heavy atom. The quantitative estimate of drug-likeness (QED) is 0.220. The molecule has 0 saturated heterocycles. The van der Waals surface area contributed by atoms with Crippen LogP contribution in [0, 0.1) is 28.1 Å². The van der Waals surface area contributed by atoms with E-state index in [4.69, 9.17) is 0 Å². The number of nitrogens with zero attached hydrogens (tertiary/aromatic N) is 4. The van der Waals surface area contributed by atoms with Gasteiger partial charge in [0.05, 0.1) is 56.6 Å². The summed E-state index contributed by atoms with van der Waals surface area (Å²) in [6.45, 7) is 2.03. The Balaban J connectivity index is 1.56. The standard InChI is InChI=1S/C39H26N4/c1-39(25-41)22-10-15-31(38(39)43-35-18-8-4-13-29(35)30-14-5-9-19-36(30)43)32-23-26(24-40)20-21-37(32)42-33-16-6-2-11-27(33)28-12-3-7-17-34(28)42/h2-21,23H,22H2,1H3. The molecule has 2 aromatic heterocycles. The van der Waals surface area contributed by atoms with Crippen molar-refractivity contribution in [3.05, 3.63) is 139 Å². The first-order valence-electron chi connectivity index (χ1n) is 14.5. The minimum atomic E-state index is -0.810. The molecule has 4 heteroatoms. The summed E-state index contributed by atoms with van der Waals surface area (Å²) in [6.07, 6.45) is 4.84. The molecule has 8 rings (SSSR count). The summed E-state index contributed by atoms with van der Waals surface area (Å²) in [4.78, 5) is 0. The van der Waals surface area contributed by atoms with Crippen molar-refractivity contribution in [2.45, 2.75) is 13.3 Å². The lowest BCUT2D eigenvalue weighted by molar-refractivity contribution is 0.574. The van der Waals surface area contributed by atoms with Crippen LogP contribution >= 0.6 is 0 Å². The van der Waals surface area contributed by atoms with Crippen molar-refractivity contribution in [1.29, 1.82) is 10.5 Å². The van der Waals surface area contributed by atoms with Gasteiger partial charge in [-0.25, -0.2) is 0 Å². The van der Waals surface area contributed by atoms with Crippen molar-refractivity contribution < 1.29 is 0 Å². The van der Waals surface area contributed by atoms with Gasteiger partial charge in [-0.2, -0.15) is 10.5 Å². The minimum absolute atomic E-state index is 0.575. The largest absolute Gasteiger partial charge is 0.311 e. The summed E-state index contributed by atoms with van der Waals surface area (Å²) in [7, 11) is 0. The lowest BCUT2D eigenvalue weighted by Gasteiger charge is -2.32. The van der Waals surface area contributed by atoms with Crippen LogP contribution in [0.1, 0.15) is 24.5 Å². The molecule has 1 aliphatic carbocycles. The average molecular weight is 551 g/mol. The molecule has 4 nitrogen and oxygen atoms in total. The smallest absolute Gasteiger partial charge is 0.0991 e. The highest BCUT2D eigenvalue weighted by molar-refractivity contribution is 6.13. The van der Waals surface area contributed by atoms with Gasteiger partial charge in [-0.1, -0.05) is 84.9 Å². The predicted molar refractivity (Wildman–Crippen MR) is 176 cm³/mol. The van der Waals surface area contributed by atoms with Crippen molar-refractivity contribution in [3.63, 3.8) is 0 Å². The third-order valence-corrected chi connectivity index (χ3v) is 8.88. The zero-order valence-corrected chi connectivity index (χ0v) is 23.6. The second kappa shape index (κ2) is 9.35. The molecule has 2 heterocycles. The topological polar surface area (TPSA) is 57.4 Å². The van der Waals surface area contributed by atoms with Crippen LogP contribution in [0.4, 0.5) is 0 Å². The second-order valence-electron chi connectivity index (χ2n) is 11.4. The summed E-state index contributed by atoms with van der Waals surface area (Å²) in [5, 5.41) is 25.5. The summed E-state index contributed by atoms with van der Waals surface area (Å²) >= 11 is 0. The van der Waals surface area contributed by atoms with Crippen molar-refractivity contribution in [2.75, 3.05) is 0 Å². The first-order valence-corrected chi connectivity index (χ1v) is 14.5. The molecule has 5 aromatic carbocycles. The van der Waals surface area contributed by atoms with Crippen LogP contribution in [0.3, 0.4) is 0 Å². The van der Waals surface area contributed by atoms with Gasteiger partial charge in [0.25, 0.3) is 0 Å². The molecule has 0 fully saturated rings. The van der Waals surface area contributed by atoms with Crippen molar-refractivity contribution in [3.8, 4) is 17.8 Å². The Bertz CT molecular complexity index is 2310. The van der Waals surface area contributed by atoms with Gasteiger partial charge in [0.2, 0.25) is 0 Å². The van der Waals surface area contributed by atoms with E-state index in [0.29, 0.717) is 12.0 Å². The fraction of sp³-hybridized carbons (Fsp3) is 0.0769. The lowest BCUT2D eigenvalue weighted by Crippen LogP contribution is -2.23. The summed E-state index contributed by atoms with van der Waals surface area (Å²) in [6, 6.07) is 44.7. The van der Waals surface area contributed by atoms with Crippen LogP contribution in [0.25, 0.3) is 60.6 Å². The van der Waals surface area contributed by atoms with E-state index in [1.54, 1.807) is 0 Å². The van der Waals surface area contributed by atoms with E-state index in [0.717, 1.165) is 55.4 Å². The van der Waals surface area contributed by atoms with Crippen LogP contribution in [0.5, 0.6) is 0 Å². The maximum Gasteiger partial charge on any atom is 0.0991 e. The molecule has 202 valence electrons. The van der Waals surface area contributed by atoms with E-state index in [2.05, 4.69) is 137 Å². The van der Waals surface area contributed by atoms with Crippen LogP contribution in [-0.2, 0) is 0 Å². The number of allylic oxidation sites excluding steroid dienone is 4. The number of para-hydroxylation sites is 4. The lowest BCUT2D eigenvalue weighted by atomic mass is 9.77. The van der Waals surface area contributed by atoms with Crippen molar-refractivity contribution in [1.82, 2.24) is 9.13 Å². The number of benzene rings is 5. The Morgan fingerprint density at radius 3 is 1.60 bits per heavy atom. The van der Waals surface area contributed by atoms with E-state index in [-0.39, 0.29) is 0 Å². The Labute approximate surface area is 249 Å². The monoisotopic (exact) mass is 550 g/mol. The summed E-state index contributed by atoms with van der Waals surface area (Å²) in [5.74, 6) is 0. The first kappa shape index (κ1) is 24.9. The van der Waals surface area contributed by atoms with Crippen molar-refractivity contribution >= 4 is 54.9 Å². The fourth-order valence-corrected chi connectivity index (χ4v) is 6.93. The molecule has 1 aliphatic rings. The van der Waals surface area contributed by atoms with Crippen LogP contribution in [-0.4, -0.2) is 9.13 Å². The highest BCUT2D eigenvalue weighted by atomic mass is 15.0. The molecule has 1 atom stereocenters. The SMILES string of the molecule is CC1(C#N)CC=CC(c2cc(C#N)ccc2-n2c3ccccc3c3ccccc32)=C1n1c2ccccc2c2ccccc21. The van der Waals surface area contributed by atoms with E-state index < -0.39 is 5.41 Å². The van der Waals surface area contributed by atoms with Gasteiger partial charge in [0.15, 0.2) is 0 Å². The molecular weight excluding hydrogens is 524 g/mol. The third-order valence-electron chi connectivity index (χ3n) is 8.88. The molecule has 0 saturated carbocycles. The van der Waals surface area contributed by atoms with Gasteiger partial charge in [-0.15, -0.1) is 0 Å². The molecule has 0 aliphatic heterocycles. The molecule has 0 radical (unpaired) electrons. The maximum absolute atomic E-state index is 10.8.